The number of aryl methyl sites for hydroxylation is 1. The number of carbonyl (C=O) groups excluding carboxylic acids is 1. The van der Waals surface area contributed by atoms with Crippen LogP contribution in [0.5, 0.6) is 0 Å². The van der Waals surface area contributed by atoms with Gasteiger partial charge in [-0.05, 0) is 52.2 Å². The summed E-state index contributed by atoms with van der Waals surface area (Å²) in [5.41, 5.74) is 1.90. The maximum absolute atomic E-state index is 13.2. The molecule has 0 saturated heterocycles. The lowest BCUT2D eigenvalue weighted by Gasteiger charge is -2.04. The summed E-state index contributed by atoms with van der Waals surface area (Å²) in [4.78, 5) is 12.4. The molecule has 0 heterocycles. The van der Waals surface area contributed by atoms with Gasteiger partial charge >= 0.3 is 0 Å². The number of Topliss-reactive ketones (excluding diaryl/α,β-unsaturated/α-hetero) is 1. The fourth-order valence-electron chi connectivity index (χ4n) is 1.89. The van der Waals surface area contributed by atoms with Crippen molar-refractivity contribution in [2.75, 3.05) is 0 Å². The lowest BCUT2D eigenvalue weighted by atomic mass is 9.98. The number of nitrogens with zero attached hydrogens (tertiary/aromatic N) is 1. The number of nitriles is 1. The van der Waals surface area contributed by atoms with Crippen LogP contribution in [-0.2, 0) is 0 Å². The largest absolute Gasteiger partial charge is 0.288 e. The second-order valence-electron chi connectivity index (χ2n) is 4.49. The minimum absolute atomic E-state index is 0.0165. The van der Waals surface area contributed by atoms with Crippen molar-refractivity contribution in [2.45, 2.75) is 6.92 Å². The van der Waals surface area contributed by atoms with Crippen LogP contribution < -0.4 is 0 Å². The molecule has 2 nitrogen and oxygen atoms in total. The van der Waals surface area contributed by atoms with E-state index in [0.29, 0.717) is 11.1 Å². The van der Waals surface area contributed by atoms with Gasteiger partial charge in [0.2, 0.25) is 5.78 Å². The van der Waals surface area contributed by atoms with Gasteiger partial charge in [0, 0.05) is 5.56 Å². The molecule has 104 valence electrons. The van der Waals surface area contributed by atoms with Crippen molar-refractivity contribution < 1.29 is 9.18 Å². The van der Waals surface area contributed by atoms with E-state index in [2.05, 4.69) is 15.9 Å². The smallest absolute Gasteiger partial charge is 0.203 e. The number of ketones is 1. The van der Waals surface area contributed by atoms with Crippen molar-refractivity contribution in [3.8, 4) is 6.07 Å². The molecule has 0 aromatic heterocycles. The zero-order valence-corrected chi connectivity index (χ0v) is 12.8. The molecule has 0 aliphatic rings. The van der Waals surface area contributed by atoms with Crippen LogP contribution in [-0.4, -0.2) is 5.78 Å². The third kappa shape index (κ3) is 3.45. The van der Waals surface area contributed by atoms with E-state index in [4.69, 9.17) is 0 Å². The molecule has 0 saturated carbocycles. The van der Waals surface area contributed by atoms with Gasteiger partial charge in [0.15, 0.2) is 0 Å². The van der Waals surface area contributed by atoms with Crippen molar-refractivity contribution in [3.63, 3.8) is 0 Å². The fraction of sp³-hybridized carbons (Fsp3) is 0.0588. The summed E-state index contributed by atoms with van der Waals surface area (Å²) in [5.74, 6) is -0.730. The van der Waals surface area contributed by atoms with E-state index >= 15 is 0 Å². The second-order valence-corrected chi connectivity index (χ2v) is 5.34. The topological polar surface area (TPSA) is 40.9 Å². The average Bonchev–Trinajstić information content (AvgIpc) is 2.48. The van der Waals surface area contributed by atoms with Crippen LogP contribution in [0.25, 0.3) is 6.08 Å². The van der Waals surface area contributed by atoms with Gasteiger partial charge in [-0.3, -0.25) is 4.79 Å². The number of halogens is 2. The standard InChI is InChI=1S/C17H11BrFNO/c1-11-4-2-3-5-14(11)17(21)13(10-20)8-12-6-7-16(19)15(18)9-12/h2-9H,1H3/b13-8+. The van der Waals surface area contributed by atoms with E-state index in [1.54, 1.807) is 12.1 Å². The van der Waals surface area contributed by atoms with Gasteiger partial charge in [-0.1, -0.05) is 30.3 Å². The van der Waals surface area contributed by atoms with Crippen LogP contribution in [0.3, 0.4) is 0 Å². The molecule has 21 heavy (non-hydrogen) atoms. The van der Waals surface area contributed by atoms with E-state index in [1.807, 2.05) is 25.1 Å². The molecule has 0 unspecified atom stereocenters. The zero-order valence-electron chi connectivity index (χ0n) is 11.2. The highest BCUT2D eigenvalue weighted by molar-refractivity contribution is 9.10. The first-order valence-electron chi connectivity index (χ1n) is 6.20. The molecular weight excluding hydrogens is 333 g/mol. The molecule has 2 aromatic carbocycles. The number of benzene rings is 2. The van der Waals surface area contributed by atoms with Gasteiger partial charge < -0.3 is 0 Å². The van der Waals surface area contributed by atoms with E-state index in [9.17, 15) is 14.4 Å². The van der Waals surface area contributed by atoms with Crippen molar-refractivity contribution in [1.82, 2.24) is 0 Å². The minimum atomic E-state index is -0.393. The van der Waals surface area contributed by atoms with E-state index in [-0.39, 0.29) is 15.8 Å². The Bertz CT molecular complexity index is 775. The van der Waals surface area contributed by atoms with Crippen LogP contribution in [0.15, 0.2) is 52.5 Å². The molecule has 0 bridgehead atoms. The van der Waals surface area contributed by atoms with Crippen LogP contribution in [0.1, 0.15) is 21.5 Å². The first kappa shape index (κ1) is 15.1. The lowest BCUT2D eigenvalue weighted by Crippen LogP contribution is -2.04. The number of rotatable bonds is 3. The second kappa shape index (κ2) is 6.47. The molecule has 2 rings (SSSR count). The van der Waals surface area contributed by atoms with Gasteiger partial charge in [-0.25, -0.2) is 4.39 Å². The Morgan fingerprint density at radius 1 is 1.29 bits per heavy atom. The lowest BCUT2D eigenvalue weighted by molar-refractivity contribution is 0.103. The average molecular weight is 344 g/mol. The van der Waals surface area contributed by atoms with E-state index < -0.39 is 5.82 Å². The van der Waals surface area contributed by atoms with Crippen LogP contribution >= 0.6 is 15.9 Å². The Balaban J connectivity index is 2.42. The highest BCUT2D eigenvalue weighted by Gasteiger charge is 2.14. The van der Waals surface area contributed by atoms with Gasteiger partial charge in [0.1, 0.15) is 17.5 Å². The number of allylic oxidation sites excluding steroid dienone is 1. The normalized spacial score (nSPS) is 11.0. The summed E-state index contributed by atoms with van der Waals surface area (Å²) >= 11 is 3.08. The molecule has 0 amide bonds. The Labute approximate surface area is 130 Å². The predicted octanol–water partition coefficient (Wildman–Crippen LogP) is 4.69. The van der Waals surface area contributed by atoms with Crippen molar-refractivity contribution in [3.05, 3.63) is 75.0 Å². The Hall–Kier alpha value is -2.25. The predicted molar refractivity (Wildman–Crippen MR) is 83.2 cm³/mol. The maximum atomic E-state index is 13.2. The molecular formula is C17H11BrFNO. The van der Waals surface area contributed by atoms with Crippen LogP contribution in [0.4, 0.5) is 4.39 Å². The summed E-state index contributed by atoms with van der Waals surface area (Å²) in [5, 5.41) is 9.21. The maximum Gasteiger partial charge on any atom is 0.203 e. The van der Waals surface area contributed by atoms with Crippen molar-refractivity contribution in [1.29, 1.82) is 5.26 Å². The van der Waals surface area contributed by atoms with Crippen molar-refractivity contribution >= 4 is 27.8 Å². The van der Waals surface area contributed by atoms with E-state index in [1.165, 1.54) is 24.3 Å². The van der Waals surface area contributed by atoms with E-state index in [0.717, 1.165) is 5.56 Å². The minimum Gasteiger partial charge on any atom is -0.288 e. The number of carbonyl (C=O) groups is 1. The molecule has 0 spiro atoms. The Morgan fingerprint density at radius 2 is 2.00 bits per heavy atom. The fourth-order valence-corrected chi connectivity index (χ4v) is 2.29. The molecule has 0 aliphatic heterocycles. The van der Waals surface area contributed by atoms with Gasteiger partial charge in [-0.15, -0.1) is 0 Å². The molecule has 4 heteroatoms. The molecule has 0 aliphatic carbocycles. The molecule has 0 radical (unpaired) electrons. The Kier molecular flexibility index (Phi) is 4.66. The van der Waals surface area contributed by atoms with Gasteiger partial charge in [0.25, 0.3) is 0 Å². The summed E-state index contributed by atoms with van der Waals surface area (Å²) in [6, 6.07) is 13.3. The first-order valence-corrected chi connectivity index (χ1v) is 6.99. The SMILES string of the molecule is Cc1ccccc1C(=O)/C(C#N)=C/c1ccc(F)c(Br)c1. The summed E-state index contributed by atoms with van der Waals surface area (Å²) in [6.07, 6.45) is 1.46. The van der Waals surface area contributed by atoms with Crippen LogP contribution in [0.2, 0.25) is 0 Å². The molecule has 0 fully saturated rings. The summed E-state index contributed by atoms with van der Waals surface area (Å²) in [7, 11) is 0. The summed E-state index contributed by atoms with van der Waals surface area (Å²) in [6.45, 7) is 1.82. The van der Waals surface area contributed by atoms with Gasteiger partial charge in [0.05, 0.1) is 4.47 Å². The third-order valence-electron chi connectivity index (χ3n) is 3.01. The first-order chi connectivity index (χ1) is 10.0. The number of hydrogen-bond donors (Lipinski definition) is 0. The van der Waals surface area contributed by atoms with Gasteiger partial charge in [-0.2, -0.15) is 5.26 Å². The Morgan fingerprint density at radius 3 is 2.62 bits per heavy atom. The third-order valence-corrected chi connectivity index (χ3v) is 3.62. The highest BCUT2D eigenvalue weighted by atomic mass is 79.9. The number of hydrogen-bond acceptors (Lipinski definition) is 2. The summed E-state index contributed by atoms with van der Waals surface area (Å²) < 4.78 is 13.5. The van der Waals surface area contributed by atoms with Crippen LogP contribution in [0, 0.1) is 24.1 Å². The quantitative estimate of drug-likeness (QED) is 0.461. The van der Waals surface area contributed by atoms with Crippen molar-refractivity contribution in [2.24, 2.45) is 0 Å². The molecule has 0 N–H and O–H groups in total. The zero-order chi connectivity index (χ0) is 15.4. The molecule has 2 aromatic rings. The highest BCUT2D eigenvalue weighted by Crippen LogP contribution is 2.20. The molecule has 0 atom stereocenters. The monoisotopic (exact) mass is 343 g/mol.